The van der Waals surface area contributed by atoms with Gasteiger partial charge in [-0.15, -0.1) is 0 Å². The molecule has 19 heavy (non-hydrogen) atoms. The van der Waals surface area contributed by atoms with Crippen molar-refractivity contribution in [3.8, 4) is 0 Å². The predicted octanol–water partition coefficient (Wildman–Crippen LogP) is 3.17. The van der Waals surface area contributed by atoms with Gasteiger partial charge in [0.05, 0.1) is 12.4 Å². The van der Waals surface area contributed by atoms with E-state index in [0.29, 0.717) is 18.6 Å². The van der Waals surface area contributed by atoms with Crippen molar-refractivity contribution in [3.05, 3.63) is 36.3 Å². The molecule has 0 aliphatic carbocycles. The molecule has 4 nitrogen and oxygen atoms in total. The van der Waals surface area contributed by atoms with Gasteiger partial charge < -0.3 is 19.4 Å². The standard InChI is InChI=1S/C15H24O4/c1-12(2)19-15(17)10-6-4-3-5-8-13(16)14-9-7-11-18-14/h3,5,7,9,11-13,15-17H,4,6,8,10H2,1-2H3/b5-3-. The summed E-state index contributed by atoms with van der Waals surface area (Å²) in [5, 5.41) is 19.2. The number of ether oxygens (including phenoxy) is 1. The topological polar surface area (TPSA) is 62.8 Å². The average molecular weight is 268 g/mol. The third-order valence-electron chi connectivity index (χ3n) is 2.65. The van der Waals surface area contributed by atoms with Crippen LogP contribution in [0.1, 0.15) is 51.4 Å². The van der Waals surface area contributed by atoms with Crippen LogP contribution in [-0.2, 0) is 4.74 Å². The van der Waals surface area contributed by atoms with Gasteiger partial charge in [-0.1, -0.05) is 12.2 Å². The Kier molecular flexibility index (Phi) is 7.48. The first-order valence-corrected chi connectivity index (χ1v) is 6.79. The Bertz CT molecular complexity index is 343. The van der Waals surface area contributed by atoms with Crippen LogP contribution in [0.2, 0.25) is 0 Å². The van der Waals surface area contributed by atoms with Gasteiger partial charge in [0.1, 0.15) is 11.9 Å². The lowest BCUT2D eigenvalue weighted by Gasteiger charge is -2.13. The van der Waals surface area contributed by atoms with Gasteiger partial charge in [0.15, 0.2) is 6.29 Å². The van der Waals surface area contributed by atoms with E-state index in [0.717, 1.165) is 12.8 Å². The summed E-state index contributed by atoms with van der Waals surface area (Å²) < 4.78 is 10.3. The fourth-order valence-electron chi connectivity index (χ4n) is 1.73. The van der Waals surface area contributed by atoms with Crippen LogP contribution in [0.3, 0.4) is 0 Å². The van der Waals surface area contributed by atoms with E-state index in [-0.39, 0.29) is 6.10 Å². The first-order chi connectivity index (χ1) is 9.09. The van der Waals surface area contributed by atoms with Crippen LogP contribution in [0.5, 0.6) is 0 Å². The Balaban J connectivity index is 2.08. The molecule has 0 aliphatic rings. The van der Waals surface area contributed by atoms with Crippen molar-refractivity contribution in [2.75, 3.05) is 0 Å². The predicted molar refractivity (Wildman–Crippen MR) is 73.5 cm³/mol. The second-order valence-corrected chi connectivity index (χ2v) is 4.81. The molecule has 0 saturated carbocycles. The molecule has 1 aromatic heterocycles. The summed E-state index contributed by atoms with van der Waals surface area (Å²) in [6.45, 7) is 3.80. The molecular formula is C15H24O4. The number of aliphatic hydroxyl groups excluding tert-OH is 2. The summed E-state index contributed by atoms with van der Waals surface area (Å²) in [4.78, 5) is 0. The van der Waals surface area contributed by atoms with Gasteiger partial charge in [0.25, 0.3) is 0 Å². The highest BCUT2D eigenvalue weighted by atomic mass is 16.6. The van der Waals surface area contributed by atoms with Gasteiger partial charge in [-0.2, -0.15) is 0 Å². The number of unbranched alkanes of at least 4 members (excludes halogenated alkanes) is 1. The summed E-state index contributed by atoms with van der Waals surface area (Å²) in [6.07, 6.45) is 7.18. The Labute approximate surface area is 114 Å². The van der Waals surface area contributed by atoms with Crippen LogP contribution in [0.4, 0.5) is 0 Å². The van der Waals surface area contributed by atoms with Gasteiger partial charge in [-0.3, -0.25) is 0 Å². The SMILES string of the molecule is CC(C)OC(O)CCC/C=C\CC(O)c1ccco1. The average Bonchev–Trinajstić information content (AvgIpc) is 2.86. The molecule has 1 heterocycles. The van der Waals surface area contributed by atoms with Gasteiger partial charge >= 0.3 is 0 Å². The number of furan rings is 1. The van der Waals surface area contributed by atoms with Crippen molar-refractivity contribution < 1.29 is 19.4 Å². The molecule has 0 amide bonds. The van der Waals surface area contributed by atoms with Crippen molar-refractivity contribution in [2.45, 2.75) is 58.0 Å². The van der Waals surface area contributed by atoms with Crippen molar-refractivity contribution >= 4 is 0 Å². The van der Waals surface area contributed by atoms with Crippen LogP contribution in [0.25, 0.3) is 0 Å². The molecular weight excluding hydrogens is 244 g/mol. The van der Waals surface area contributed by atoms with Crippen LogP contribution in [0, 0.1) is 0 Å². The largest absolute Gasteiger partial charge is 0.467 e. The molecule has 2 N–H and O–H groups in total. The monoisotopic (exact) mass is 268 g/mol. The summed E-state index contributed by atoms with van der Waals surface area (Å²) in [5.74, 6) is 0.588. The van der Waals surface area contributed by atoms with E-state index in [1.807, 2.05) is 26.0 Å². The third kappa shape index (κ3) is 7.15. The van der Waals surface area contributed by atoms with Crippen molar-refractivity contribution in [1.82, 2.24) is 0 Å². The molecule has 1 rings (SSSR count). The zero-order chi connectivity index (χ0) is 14.1. The maximum Gasteiger partial charge on any atom is 0.154 e. The number of aliphatic hydroxyl groups is 2. The summed E-state index contributed by atoms with van der Waals surface area (Å²) in [7, 11) is 0. The molecule has 0 bridgehead atoms. The molecule has 2 unspecified atom stereocenters. The Hall–Kier alpha value is -1.10. The zero-order valence-electron chi connectivity index (χ0n) is 11.7. The first kappa shape index (κ1) is 16.0. The Morgan fingerprint density at radius 2 is 2.11 bits per heavy atom. The minimum atomic E-state index is -0.679. The smallest absolute Gasteiger partial charge is 0.154 e. The van der Waals surface area contributed by atoms with Crippen LogP contribution in [-0.4, -0.2) is 22.6 Å². The van der Waals surface area contributed by atoms with Gasteiger partial charge in [0, 0.05) is 0 Å². The maximum absolute atomic E-state index is 9.75. The quantitative estimate of drug-likeness (QED) is 0.410. The van der Waals surface area contributed by atoms with E-state index in [1.165, 1.54) is 0 Å². The van der Waals surface area contributed by atoms with Gasteiger partial charge in [0.2, 0.25) is 0 Å². The van der Waals surface area contributed by atoms with E-state index in [4.69, 9.17) is 9.15 Å². The number of hydrogen-bond acceptors (Lipinski definition) is 4. The normalized spacial score (nSPS) is 15.2. The fraction of sp³-hybridized carbons (Fsp3) is 0.600. The van der Waals surface area contributed by atoms with Crippen molar-refractivity contribution in [2.24, 2.45) is 0 Å². The third-order valence-corrected chi connectivity index (χ3v) is 2.65. The number of rotatable bonds is 9. The highest BCUT2D eigenvalue weighted by molar-refractivity contribution is 5.03. The van der Waals surface area contributed by atoms with E-state index in [9.17, 15) is 10.2 Å². The Morgan fingerprint density at radius 3 is 2.74 bits per heavy atom. The van der Waals surface area contributed by atoms with Crippen LogP contribution in [0.15, 0.2) is 35.0 Å². The molecule has 0 aromatic carbocycles. The lowest BCUT2D eigenvalue weighted by Crippen LogP contribution is -2.16. The molecule has 0 saturated heterocycles. The summed E-state index contributed by atoms with van der Waals surface area (Å²) in [5.41, 5.74) is 0. The molecule has 0 aliphatic heterocycles. The lowest BCUT2D eigenvalue weighted by molar-refractivity contribution is -0.129. The highest BCUT2D eigenvalue weighted by Crippen LogP contribution is 2.17. The molecule has 0 radical (unpaired) electrons. The molecule has 4 heteroatoms. The van der Waals surface area contributed by atoms with E-state index >= 15 is 0 Å². The minimum absolute atomic E-state index is 0.0500. The first-order valence-electron chi connectivity index (χ1n) is 6.79. The second kappa shape index (κ2) is 8.91. The molecule has 2 atom stereocenters. The number of hydrogen-bond donors (Lipinski definition) is 2. The maximum atomic E-state index is 9.75. The second-order valence-electron chi connectivity index (χ2n) is 4.81. The van der Waals surface area contributed by atoms with E-state index in [1.54, 1.807) is 18.4 Å². The van der Waals surface area contributed by atoms with Crippen molar-refractivity contribution in [1.29, 1.82) is 0 Å². The summed E-state index contributed by atoms with van der Waals surface area (Å²) in [6, 6.07) is 3.52. The van der Waals surface area contributed by atoms with Crippen molar-refractivity contribution in [3.63, 3.8) is 0 Å². The van der Waals surface area contributed by atoms with Crippen LogP contribution >= 0.6 is 0 Å². The highest BCUT2D eigenvalue weighted by Gasteiger charge is 2.07. The molecule has 108 valence electrons. The molecule has 0 spiro atoms. The summed E-state index contributed by atoms with van der Waals surface area (Å²) >= 11 is 0. The van der Waals surface area contributed by atoms with E-state index in [2.05, 4.69) is 0 Å². The fourth-order valence-corrected chi connectivity index (χ4v) is 1.73. The van der Waals surface area contributed by atoms with E-state index < -0.39 is 12.4 Å². The van der Waals surface area contributed by atoms with Gasteiger partial charge in [-0.05, 0) is 51.7 Å². The van der Waals surface area contributed by atoms with Gasteiger partial charge in [-0.25, -0.2) is 0 Å². The minimum Gasteiger partial charge on any atom is -0.467 e. The zero-order valence-corrected chi connectivity index (χ0v) is 11.7. The van der Waals surface area contributed by atoms with Crippen LogP contribution < -0.4 is 0 Å². The molecule has 0 fully saturated rings. The lowest BCUT2D eigenvalue weighted by atomic mass is 10.1. The number of allylic oxidation sites excluding steroid dienone is 1. The Morgan fingerprint density at radius 1 is 1.32 bits per heavy atom. The molecule has 1 aromatic rings.